The third-order valence-corrected chi connectivity index (χ3v) is 3.26. The predicted octanol–water partition coefficient (Wildman–Crippen LogP) is 2.44. The number of aromatic nitrogens is 2. The lowest BCUT2D eigenvalue weighted by molar-refractivity contribution is 0.102. The van der Waals surface area contributed by atoms with E-state index in [-0.39, 0.29) is 5.91 Å². The van der Waals surface area contributed by atoms with Crippen LogP contribution in [0.1, 0.15) is 15.9 Å². The molecule has 1 heterocycles. The summed E-state index contributed by atoms with van der Waals surface area (Å²) in [6.45, 7) is 1.87. The molecule has 0 fully saturated rings. The van der Waals surface area contributed by atoms with Crippen LogP contribution in [0.25, 0.3) is 0 Å². The minimum Gasteiger partial charge on any atom is -0.374 e. The number of aryl methyl sites for hydroxylation is 1. The first kappa shape index (κ1) is 12.0. The quantitative estimate of drug-likeness (QED) is 0.892. The number of halogens is 1. The zero-order valence-corrected chi connectivity index (χ0v) is 11.3. The number of hydrogen-bond donors (Lipinski definition) is 2. The summed E-state index contributed by atoms with van der Waals surface area (Å²) in [5.41, 5.74) is 6.91. The molecule has 88 valence electrons. The highest BCUT2D eigenvalue weighted by Crippen LogP contribution is 2.20. The fraction of sp³-hybridized carbons (Fsp3) is 0.100. The van der Waals surface area contributed by atoms with Crippen molar-refractivity contribution in [3.05, 3.63) is 33.8 Å². The first-order valence-corrected chi connectivity index (χ1v) is 6.33. The summed E-state index contributed by atoms with van der Waals surface area (Å²) < 4.78 is 0.937. The normalized spacial score (nSPS) is 10.2. The van der Waals surface area contributed by atoms with Gasteiger partial charge in [0.1, 0.15) is 0 Å². The highest BCUT2D eigenvalue weighted by Gasteiger charge is 2.11. The molecule has 1 amide bonds. The lowest BCUT2D eigenvalue weighted by Gasteiger charge is -2.05. The average molecular weight is 313 g/mol. The predicted molar refractivity (Wildman–Crippen MR) is 71.2 cm³/mol. The van der Waals surface area contributed by atoms with E-state index in [1.165, 1.54) is 0 Å². The van der Waals surface area contributed by atoms with Crippen LogP contribution in [0.4, 0.5) is 10.3 Å². The number of nitrogen functional groups attached to an aromatic ring is 1. The molecule has 7 heteroatoms. The number of nitrogens with zero attached hydrogens (tertiary/aromatic N) is 2. The lowest BCUT2D eigenvalue weighted by Crippen LogP contribution is -2.13. The average Bonchev–Trinajstić information content (AvgIpc) is 2.63. The zero-order chi connectivity index (χ0) is 12.4. The molecule has 0 unspecified atom stereocenters. The van der Waals surface area contributed by atoms with E-state index in [0.29, 0.717) is 15.8 Å². The Morgan fingerprint density at radius 2 is 2.24 bits per heavy atom. The number of rotatable bonds is 2. The van der Waals surface area contributed by atoms with Gasteiger partial charge in [-0.1, -0.05) is 27.3 Å². The summed E-state index contributed by atoms with van der Waals surface area (Å²) >= 11 is 4.48. The molecule has 0 spiro atoms. The summed E-state index contributed by atoms with van der Waals surface area (Å²) in [5, 5.41) is 10.7. The molecule has 5 nitrogen and oxygen atoms in total. The number of anilines is 2. The van der Waals surface area contributed by atoms with Crippen LogP contribution in [0.5, 0.6) is 0 Å². The van der Waals surface area contributed by atoms with Crippen LogP contribution in [0, 0.1) is 6.92 Å². The van der Waals surface area contributed by atoms with Gasteiger partial charge in [-0.25, -0.2) is 0 Å². The molecule has 0 radical (unpaired) electrons. The van der Waals surface area contributed by atoms with E-state index in [4.69, 9.17) is 5.73 Å². The fourth-order valence-electron chi connectivity index (χ4n) is 1.33. The van der Waals surface area contributed by atoms with Crippen molar-refractivity contribution >= 4 is 43.4 Å². The Morgan fingerprint density at radius 1 is 1.47 bits per heavy atom. The number of nitrogens with one attached hydrogen (secondary N) is 1. The highest BCUT2D eigenvalue weighted by molar-refractivity contribution is 9.10. The van der Waals surface area contributed by atoms with Crippen LogP contribution < -0.4 is 11.1 Å². The Bertz CT molecular complexity index is 569. The Kier molecular flexibility index (Phi) is 3.39. The van der Waals surface area contributed by atoms with E-state index in [1.54, 1.807) is 6.07 Å². The molecule has 3 N–H and O–H groups in total. The summed E-state index contributed by atoms with van der Waals surface area (Å²) in [5.74, 6) is -0.217. The number of carbonyl (C=O) groups is 1. The van der Waals surface area contributed by atoms with Gasteiger partial charge < -0.3 is 5.73 Å². The summed E-state index contributed by atoms with van der Waals surface area (Å²) in [7, 11) is 0. The second-order valence-corrected chi connectivity index (χ2v) is 5.28. The Balaban J connectivity index is 2.20. The van der Waals surface area contributed by atoms with Crippen LogP contribution in [-0.4, -0.2) is 16.1 Å². The fourth-order valence-corrected chi connectivity index (χ4v) is 2.31. The van der Waals surface area contributed by atoms with Gasteiger partial charge in [0.2, 0.25) is 10.3 Å². The highest BCUT2D eigenvalue weighted by atomic mass is 79.9. The minimum atomic E-state index is -0.217. The van der Waals surface area contributed by atoms with Crippen LogP contribution in [0.15, 0.2) is 22.7 Å². The molecule has 0 bridgehead atoms. The second kappa shape index (κ2) is 4.80. The lowest BCUT2D eigenvalue weighted by atomic mass is 10.1. The number of nitrogens with two attached hydrogens (primary N) is 1. The largest absolute Gasteiger partial charge is 0.374 e. The molecule has 0 saturated carbocycles. The second-order valence-electron chi connectivity index (χ2n) is 3.36. The third-order valence-electron chi connectivity index (χ3n) is 2.09. The van der Waals surface area contributed by atoms with Gasteiger partial charge in [0, 0.05) is 10.0 Å². The molecule has 17 heavy (non-hydrogen) atoms. The van der Waals surface area contributed by atoms with E-state index in [2.05, 4.69) is 31.4 Å². The van der Waals surface area contributed by atoms with E-state index in [0.717, 1.165) is 21.4 Å². The van der Waals surface area contributed by atoms with Gasteiger partial charge in [0.15, 0.2) is 0 Å². The molecular formula is C10H9BrN4OS. The van der Waals surface area contributed by atoms with Crippen molar-refractivity contribution in [1.29, 1.82) is 0 Å². The van der Waals surface area contributed by atoms with Crippen molar-refractivity contribution in [2.24, 2.45) is 0 Å². The molecular weight excluding hydrogens is 304 g/mol. The van der Waals surface area contributed by atoms with Gasteiger partial charge in [0.25, 0.3) is 5.91 Å². The number of hydrogen-bond acceptors (Lipinski definition) is 5. The molecule has 0 aliphatic rings. The van der Waals surface area contributed by atoms with Crippen molar-refractivity contribution in [2.45, 2.75) is 6.92 Å². The van der Waals surface area contributed by atoms with E-state index >= 15 is 0 Å². The van der Waals surface area contributed by atoms with E-state index in [9.17, 15) is 4.79 Å². The maximum atomic E-state index is 11.9. The van der Waals surface area contributed by atoms with Crippen molar-refractivity contribution in [1.82, 2.24) is 10.2 Å². The van der Waals surface area contributed by atoms with Gasteiger partial charge >= 0.3 is 0 Å². The molecule has 0 aliphatic carbocycles. The maximum absolute atomic E-state index is 11.9. The minimum absolute atomic E-state index is 0.217. The first-order chi connectivity index (χ1) is 8.06. The van der Waals surface area contributed by atoms with Crippen LogP contribution in [0.2, 0.25) is 0 Å². The summed E-state index contributed by atoms with van der Waals surface area (Å²) in [4.78, 5) is 11.9. The molecule has 0 saturated heterocycles. The Morgan fingerprint density at radius 3 is 2.82 bits per heavy atom. The summed E-state index contributed by atoms with van der Waals surface area (Å²) in [6, 6.07) is 5.44. The van der Waals surface area contributed by atoms with Gasteiger partial charge in [-0.3, -0.25) is 10.1 Å². The van der Waals surface area contributed by atoms with Crippen LogP contribution >= 0.6 is 27.3 Å². The van der Waals surface area contributed by atoms with Crippen molar-refractivity contribution in [3.63, 3.8) is 0 Å². The summed E-state index contributed by atoms with van der Waals surface area (Å²) in [6.07, 6.45) is 0. The molecule has 0 aliphatic heterocycles. The van der Waals surface area contributed by atoms with Crippen LogP contribution in [-0.2, 0) is 0 Å². The topological polar surface area (TPSA) is 80.9 Å². The third kappa shape index (κ3) is 2.80. The first-order valence-electron chi connectivity index (χ1n) is 4.73. The number of amides is 1. The van der Waals surface area contributed by atoms with Crippen molar-refractivity contribution < 1.29 is 4.79 Å². The monoisotopic (exact) mass is 312 g/mol. The Hall–Kier alpha value is -1.47. The molecule has 1 aromatic carbocycles. The standard InChI is InChI=1S/C10H9BrN4OS/c1-5-4-6(11)2-3-7(5)8(16)13-10-15-14-9(12)17-10/h2-4H,1H3,(H2,12,14)(H,13,15,16). The van der Waals surface area contributed by atoms with Gasteiger partial charge in [-0.15, -0.1) is 10.2 Å². The van der Waals surface area contributed by atoms with Gasteiger partial charge in [0.05, 0.1) is 0 Å². The SMILES string of the molecule is Cc1cc(Br)ccc1C(=O)Nc1nnc(N)s1. The molecule has 2 aromatic rings. The van der Waals surface area contributed by atoms with Crippen molar-refractivity contribution in [3.8, 4) is 0 Å². The number of benzene rings is 1. The Labute approximate surface area is 110 Å². The zero-order valence-electron chi connectivity index (χ0n) is 8.90. The molecule has 2 rings (SSSR count). The molecule has 1 aromatic heterocycles. The van der Waals surface area contributed by atoms with E-state index < -0.39 is 0 Å². The maximum Gasteiger partial charge on any atom is 0.257 e. The van der Waals surface area contributed by atoms with Gasteiger partial charge in [-0.05, 0) is 30.7 Å². The van der Waals surface area contributed by atoms with Crippen LogP contribution in [0.3, 0.4) is 0 Å². The molecule has 0 atom stereocenters. The van der Waals surface area contributed by atoms with Crippen molar-refractivity contribution in [2.75, 3.05) is 11.1 Å². The van der Waals surface area contributed by atoms with E-state index in [1.807, 2.05) is 19.1 Å². The number of carbonyl (C=O) groups excluding carboxylic acids is 1. The van der Waals surface area contributed by atoms with Gasteiger partial charge in [-0.2, -0.15) is 0 Å². The smallest absolute Gasteiger partial charge is 0.257 e.